The van der Waals surface area contributed by atoms with Gasteiger partial charge < -0.3 is 5.32 Å². The van der Waals surface area contributed by atoms with Crippen molar-refractivity contribution >= 4 is 0 Å². The van der Waals surface area contributed by atoms with Gasteiger partial charge in [0, 0.05) is 18.8 Å². The topological polar surface area (TPSA) is 29.9 Å². The third-order valence-electron chi connectivity index (χ3n) is 5.52. The molecule has 0 amide bonds. The van der Waals surface area contributed by atoms with Crippen LogP contribution in [0.25, 0.3) is 0 Å². The number of likely N-dealkylation sites (N-methyl/N-ethyl adjacent to an activating group) is 1. The molecule has 3 heteroatoms. The lowest BCUT2D eigenvalue weighted by atomic mass is 9.75. The monoisotopic (exact) mass is 291 g/mol. The van der Waals surface area contributed by atoms with Crippen LogP contribution >= 0.6 is 0 Å². The van der Waals surface area contributed by atoms with E-state index in [9.17, 15) is 0 Å². The van der Waals surface area contributed by atoms with Gasteiger partial charge >= 0.3 is 0 Å². The Morgan fingerprint density at radius 2 is 2.05 bits per heavy atom. The number of aromatic nitrogens is 2. The van der Waals surface area contributed by atoms with Crippen molar-refractivity contribution in [3.05, 3.63) is 17.0 Å². The molecule has 0 saturated heterocycles. The minimum absolute atomic E-state index is 0.617. The number of nitrogens with zero attached hydrogens (tertiary/aromatic N) is 2. The molecule has 0 aliphatic heterocycles. The highest BCUT2D eigenvalue weighted by molar-refractivity contribution is 5.25. The van der Waals surface area contributed by atoms with Gasteiger partial charge in [-0.05, 0) is 57.1 Å². The summed E-state index contributed by atoms with van der Waals surface area (Å²) in [6.07, 6.45) is 8.15. The molecule has 0 radical (unpaired) electrons. The first-order valence-electron chi connectivity index (χ1n) is 8.79. The van der Waals surface area contributed by atoms with E-state index in [2.05, 4.69) is 45.2 Å². The molecule has 1 aromatic rings. The first-order valence-corrected chi connectivity index (χ1v) is 8.79. The van der Waals surface area contributed by atoms with E-state index in [1.807, 2.05) is 4.68 Å². The van der Waals surface area contributed by atoms with E-state index < -0.39 is 0 Å². The maximum absolute atomic E-state index is 4.59. The fourth-order valence-corrected chi connectivity index (χ4v) is 4.07. The first-order chi connectivity index (χ1) is 10.1. The van der Waals surface area contributed by atoms with Gasteiger partial charge in [0.1, 0.15) is 0 Å². The molecule has 1 aliphatic carbocycles. The van der Waals surface area contributed by atoms with Gasteiger partial charge in [-0.25, -0.2) is 0 Å². The second kappa shape index (κ2) is 7.44. The molecule has 21 heavy (non-hydrogen) atoms. The highest BCUT2D eigenvalue weighted by Crippen LogP contribution is 2.34. The molecule has 1 aromatic heterocycles. The van der Waals surface area contributed by atoms with Crippen molar-refractivity contribution in [1.82, 2.24) is 15.1 Å². The van der Waals surface area contributed by atoms with E-state index in [0.717, 1.165) is 24.8 Å². The Morgan fingerprint density at radius 3 is 2.62 bits per heavy atom. The van der Waals surface area contributed by atoms with Gasteiger partial charge in [0.05, 0.1) is 5.69 Å². The fourth-order valence-electron chi connectivity index (χ4n) is 4.07. The average Bonchev–Trinajstić information content (AvgIpc) is 2.73. The summed E-state index contributed by atoms with van der Waals surface area (Å²) >= 11 is 0. The van der Waals surface area contributed by atoms with Crippen LogP contribution in [-0.2, 0) is 13.5 Å². The van der Waals surface area contributed by atoms with Gasteiger partial charge in [0.2, 0.25) is 0 Å². The van der Waals surface area contributed by atoms with Crippen molar-refractivity contribution in [1.29, 1.82) is 0 Å². The molecule has 120 valence electrons. The molecule has 2 rings (SSSR count). The molecule has 0 aromatic carbocycles. The van der Waals surface area contributed by atoms with Crippen LogP contribution in [0.4, 0.5) is 0 Å². The molecule has 1 N–H and O–H groups in total. The minimum atomic E-state index is 0.617. The summed E-state index contributed by atoms with van der Waals surface area (Å²) in [4.78, 5) is 0. The summed E-state index contributed by atoms with van der Waals surface area (Å²) in [5, 5.41) is 8.36. The predicted octanol–water partition coefficient (Wildman–Crippen LogP) is 3.77. The van der Waals surface area contributed by atoms with Crippen LogP contribution in [-0.4, -0.2) is 22.4 Å². The van der Waals surface area contributed by atoms with Crippen molar-refractivity contribution in [2.24, 2.45) is 18.9 Å². The zero-order valence-corrected chi connectivity index (χ0v) is 14.6. The largest absolute Gasteiger partial charge is 0.314 e. The molecule has 1 heterocycles. The Morgan fingerprint density at radius 1 is 1.29 bits per heavy atom. The number of rotatable bonds is 6. The Bertz CT molecular complexity index is 450. The van der Waals surface area contributed by atoms with Crippen LogP contribution in [0.3, 0.4) is 0 Å². The fraction of sp³-hybridized carbons (Fsp3) is 0.833. The van der Waals surface area contributed by atoms with Crippen LogP contribution in [0.15, 0.2) is 0 Å². The normalized spacial score (nSPS) is 24.2. The van der Waals surface area contributed by atoms with Crippen LogP contribution in [0, 0.1) is 25.7 Å². The summed E-state index contributed by atoms with van der Waals surface area (Å²) in [6, 6.07) is 0.617. The molecule has 1 aliphatic rings. The van der Waals surface area contributed by atoms with Gasteiger partial charge in [0.25, 0.3) is 0 Å². The number of hydrogen-bond donors (Lipinski definition) is 1. The quantitative estimate of drug-likeness (QED) is 0.864. The number of nitrogens with one attached hydrogen (secondary N) is 1. The zero-order valence-electron chi connectivity index (χ0n) is 14.6. The standard InChI is InChI=1S/C18H33N3/c1-6-15-9-8-10-16(11-15)18(19-7-2)12-17-13(3)20-21(5)14(17)4/h15-16,18-19H,6-12H2,1-5H3. The minimum Gasteiger partial charge on any atom is -0.314 e. The average molecular weight is 291 g/mol. The Kier molecular flexibility index (Phi) is 5.86. The number of aryl methyl sites for hydroxylation is 2. The third-order valence-corrected chi connectivity index (χ3v) is 5.52. The third kappa shape index (κ3) is 3.88. The molecule has 3 nitrogen and oxygen atoms in total. The van der Waals surface area contributed by atoms with Crippen molar-refractivity contribution < 1.29 is 0 Å². The molecule has 0 spiro atoms. The highest BCUT2D eigenvalue weighted by atomic mass is 15.3. The van der Waals surface area contributed by atoms with Crippen molar-refractivity contribution in [2.45, 2.75) is 72.3 Å². The van der Waals surface area contributed by atoms with Crippen molar-refractivity contribution in [2.75, 3.05) is 6.54 Å². The Hall–Kier alpha value is -0.830. The maximum Gasteiger partial charge on any atom is 0.0628 e. The number of hydrogen-bond acceptors (Lipinski definition) is 2. The summed E-state index contributed by atoms with van der Waals surface area (Å²) in [5.41, 5.74) is 4.00. The Labute approximate surface area is 130 Å². The molecular weight excluding hydrogens is 258 g/mol. The van der Waals surface area contributed by atoms with E-state index in [1.54, 1.807) is 0 Å². The van der Waals surface area contributed by atoms with E-state index >= 15 is 0 Å². The summed E-state index contributed by atoms with van der Waals surface area (Å²) in [6.45, 7) is 10.0. The highest BCUT2D eigenvalue weighted by Gasteiger charge is 2.28. The van der Waals surface area contributed by atoms with Crippen LogP contribution in [0.1, 0.15) is 62.9 Å². The zero-order chi connectivity index (χ0) is 15.4. The van der Waals surface area contributed by atoms with Gasteiger partial charge in [-0.1, -0.05) is 33.1 Å². The van der Waals surface area contributed by atoms with E-state index in [4.69, 9.17) is 0 Å². The van der Waals surface area contributed by atoms with Gasteiger partial charge in [0.15, 0.2) is 0 Å². The first kappa shape index (κ1) is 16.5. The van der Waals surface area contributed by atoms with Crippen LogP contribution in [0.2, 0.25) is 0 Å². The van der Waals surface area contributed by atoms with Crippen LogP contribution < -0.4 is 5.32 Å². The molecule has 3 atom stereocenters. The summed E-state index contributed by atoms with van der Waals surface area (Å²) in [7, 11) is 2.06. The SMILES string of the molecule is CCNC(Cc1c(C)nn(C)c1C)C1CCCC(CC)C1. The second-order valence-corrected chi connectivity index (χ2v) is 6.84. The van der Waals surface area contributed by atoms with Crippen molar-refractivity contribution in [3.8, 4) is 0 Å². The second-order valence-electron chi connectivity index (χ2n) is 6.84. The van der Waals surface area contributed by atoms with Crippen LogP contribution in [0.5, 0.6) is 0 Å². The van der Waals surface area contributed by atoms with Gasteiger partial charge in [-0.2, -0.15) is 5.10 Å². The smallest absolute Gasteiger partial charge is 0.0628 e. The predicted molar refractivity (Wildman–Crippen MR) is 89.6 cm³/mol. The van der Waals surface area contributed by atoms with Gasteiger partial charge in [-0.3, -0.25) is 4.68 Å². The summed E-state index contributed by atoms with van der Waals surface area (Å²) < 4.78 is 2.03. The lowest BCUT2D eigenvalue weighted by Gasteiger charge is -2.35. The molecule has 3 unspecified atom stereocenters. The lowest BCUT2D eigenvalue weighted by molar-refractivity contribution is 0.208. The van der Waals surface area contributed by atoms with Crippen molar-refractivity contribution in [3.63, 3.8) is 0 Å². The van der Waals surface area contributed by atoms with E-state index in [0.29, 0.717) is 6.04 Å². The van der Waals surface area contributed by atoms with Gasteiger partial charge in [-0.15, -0.1) is 0 Å². The lowest BCUT2D eigenvalue weighted by Crippen LogP contribution is -2.40. The van der Waals surface area contributed by atoms with E-state index in [1.165, 1.54) is 49.1 Å². The molecule has 1 saturated carbocycles. The maximum atomic E-state index is 4.59. The Balaban J connectivity index is 2.11. The molecule has 1 fully saturated rings. The summed E-state index contributed by atoms with van der Waals surface area (Å²) in [5.74, 6) is 1.78. The molecular formula is C18H33N3. The molecule has 0 bridgehead atoms. The van der Waals surface area contributed by atoms with E-state index in [-0.39, 0.29) is 0 Å².